The van der Waals surface area contributed by atoms with Crippen LogP contribution in [0.5, 0.6) is 11.5 Å². The number of rotatable bonds is 3. The molecular formula is C26H29ClO6. The summed E-state index contributed by atoms with van der Waals surface area (Å²) in [5.41, 5.74) is 1.19. The summed E-state index contributed by atoms with van der Waals surface area (Å²) in [4.78, 5) is 38.3. The number of benzene rings is 1. The number of methoxy groups -OCH3 is 1. The number of Topliss-reactive ketones (excluding diaryl/α,β-unsaturated/α-hetero) is 2. The minimum atomic E-state index is -0.603. The van der Waals surface area contributed by atoms with Crippen molar-refractivity contribution in [1.29, 1.82) is 0 Å². The van der Waals surface area contributed by atoms with E-state index in [4.69, 9.17) is 25.8 Å². The van der Waals surface area contributed by atoms with Gasteiger partial charge in [0.25, 0.3) is 0 Å². The molecule has 0 N–H and O–H groups in total. The molecule has 2 aliphatic carbocycles. The van der Waals surface area contributed by atoms with Crippen LogP contribution in [0.1, 0.15) is 71.8 Å². The van der Waals surface area contributed by atoms with Gasteiger partial charge in [-0.15, -0.1) is 0 Å². The Morgan fingerprint density at radius 2 is 1.48 bits per heavy atom. The molecule has 0 aromatic heterocycles. The molecule has 0 amide bonds. The molecule has 1 aliphatic heterocycles. The van der Waals surface area contributed by atoms with Crippen LogP contribution in [0.4, 0.5) is 0 Å². The van der Waals surface area contributed by atoms with Gasteiger partial charge < -0.3 is 14.2 Å². The quantitative estimate of drug-likeness (QED) is 0.416. The van der Waals surface area contributed by atoms with Gasteiger partial charge in [0.2, 0.25) is 0 Å². The third-order valence-corrected chi connectivity index (χ3v) is 6.69. The molecule has 33 heavy (non-hydrogen) atoms. The Morgan fingerprint density at radius 3 is 1.94 bits per heavy atom. The topological polar surface area (TPSA) is 78.9 Å². The van der Waals surface area contributed by atoms with Crippen LogP contribution in [-0.2, 0) is 19.1 Å². The standard InChI is InChI=1S/C26H29ClO6/c1-13(28)32-24-15(27)7-14(8-18(24)31-6)21-22-16(29)9-25(2,3)11-19(22)33-20-12-26(4,5)10-17(30)23(20)21/h7-8,21H,9-12H2,1-6H3. The van der Waals surface area contributed by atoms with Crippen molar-refractivity contribution in [3.8, 4) is 11.5 Å². The summed E-state index contributed by atoms with van der Waals surface area (Å²) in [7, 11) is 1.45. The van der Waals surface area contributed by atoms with Crippen molar-refractivity contribution < 1.29 is 28.6 Å². The molecule has 0 atom stereocenters. The number of allylic oxidation sites excluding steroid dienone is 4. The Morgan fingerprint density at radius 1 is 0.970 bits per heavy atom. The van der Waals surface area contributed by atoms with Gasteiger partial charge in [-0.05, 0) is 28.5 Å². The van der Waals surface area contributed by atoms with E-state index in [0.29, 0.717) is 53.9 Å². The average molecular weight is 473 g/mol. The molecule has 176 valence electrons. The Labute approximate surface area is 198 Å². The Kier molecular flexibility index (Phi) is 5.72. The maximum atomic E-state index is 13.4. The van der Waals surface area contributed by atoms with Gasteiger partial charge in [0.15, 0.2) is 23.1 Å². The second-order valence-corrected chi connectivity index (χ2v) is 11.1. The van der Waals surface area contributed by atoms with Crippen molar-refractivity contribution in [3.05, 3.63) is 45.4 Å². The maximum Gasteiger partial charge on any atom is 0.308 e. The van der Waals surface area contributed by atoms with Crippen LogP contribution in [0.25, 0.3) is 0 Å². The Balaban J connectivity index is 1.94. The smallest absolute Gasteiger partial charge is 0.308 e. The normalized spacial score (nSPS) is 21.9. The van der Waals surface area contributed by atoms with Crippen LogP contribution in [0.3, 0.4) is 0 Å². The van der Waals surface area contributed by atoms with Gasteiger partial charge in [-0.2, -0.15) is 0 Å². The van der Waals surface area contributed by atoms with Gasteiger partial charge in [0.05, 0.1) is 12.1 Å². The molecule has 3 aliphatic rings. The predicted molar refractivity (Wildman–Crippen MR) is 123 cm³/mol. The van der Waals surface area contributed by atoms with E-state index in [0.717, 1.165) is 0 Å². The van der Waals surface area contributed by atoms with Crippen LogP contribution in [0.2, 0.25) is 5.02 Å². The summed E-state index contributed by atoms with van der Waals surface area (Å²) >= 11 is 6.50. The molecule has 0 radical (unpaired) electrons. The number of halogens is 1. The molecule has 0 unspecified atom stereocenters. The molecule has 4 rings (SSSR count). The third-order valence-electron chi connectivity index (χ3n) is 6.41. The van der Waals surface area contributed by atoms with Crippen molar-refractivity contribution in [2.75, 3.05) is 7.11 Å². The lowest BCUT2D eigenvalue weighted by molar-refractivity contribution is -0.132. The van der Waals surface area contributed by atoms with Crippen LogP contribution >= 0.6 is 11.6 Å². The predicted octanol–water partition coefficient (Wildman–Crippen LogP) is 5.67. The largest absolute Gasteiger partial charge is 0.493 e. The number of esters is 1. The minimum Gasteiger partial charge on any atom is -0.493 e. The van der Waals surface area contributed by atoms with Crippen LogP contribution in [0.15, 0.2) is 34.8 Å². The first-order valence-electron chi connectivity index (χ1n) is 11.1. The molecule has 0 saturated carbocycles. The number of hydrogen-bond donors (Lipinski definition) is 0. The zero-order chi connectivity index (χ0) is 24.3. The van der Waals surface area contributed by atoms with E-state index in [1.807, 2.05) is 27.7 Å². The highest BCUT2D eigenvalue weighted by Crippen LogP contribution is 2.54. The molecule has 0 fully saturated rings. The third kappa shape index (κ3) is 4.33. The maximum absolute atomic E-state index is 13.4. The van der Waals surface area contributed by atoms with Gasteiger partial charge in [0.1, 0.15) is 11.5 Å². The first-order valence-corrected chi connectivity index (χ1v) is 11.5. The number of ether oxygens (including phenoxy) is 3. The van der Waals surface area contributed by atoms with Gasteiger partial charge in [0, 0.05) is 49.7 Å². The highest BCUT2D eigenvalue weighted by molar-refractivity contribution is 6.32. The van der Waals surface area contributed by atoms with E-state index in [1.54, 1.807) is 12.1 Å². The van der Waals surface area contributed by atoms with Crippen molar-refractivity contribution >= 4 is 29.1 Å². The first-order chi connectivity index (χ1) is 15.3. The van der Waals surface area contributed by atoms with Crippen LogP contribution in [0, 0.1) is 10.8 Å². The van der Waals surface area contributed by atoms with Crippen molar-refractivity contribution in [3.63, 3.8) is 0 Å². The lowest BCUT2D eigenvalue weighted by Crippen LogP contribution is -2.37. The molecular weight excluding hydrogens is 444 g/mol. The second-order valence-electron chi connectivity index (χ2n) is 10.7. The number of carbonyl (C=O) groups is 3. The van der Waals surface area contributed by atoms with Gasteiger partial charge in [-0.3, -0.25) is 14.4 Å². The lowest BCUT2D eigenvalue weighted by atomic mass is 9.65. The minimum absolute atomic E-state index is 0.0328. The summed E-state index contributed by atoms with van der Waals surface area (Å²) < 4.78 is 17.0. The van der Waals surface area contributed by atoms with E-state index < -0.39 is 11.9 Å². The molecule has 0 spiro atoms. The van der Waals surface area contributed by atoms with E-state index >= 15 is 0 Å². The average Bonchev–Trinajstić information content (AvgIpc) is 2.65. The van der Waals surface area contributed by atoms with Gasteiger partial charge in [-0.1, -0.05) is 39.3 Å². The number of carbonyl (C=O) groups excluding carboxylic acids is 3. The fraction of sp³-hybridized carbons (Fsp3) is 0.500. The summed E-state index contributed by atoms with van der Waals surface area (Å²) in [5, 5.41) is 0.169. The Bertz CT molecular complexity index is 1090. The molecule has 1 aromatic carbocycles. The zero-order valence-corrected chi connectivity index (χ0v) is 20.6. The second kappa shape index (κ2) is 8.01. The summed E-state index contributed by atoms with van der Waals surface area (Å²) in [5.74, 6) is 0.430. The Hall–Kier alpha value is -2.60. The monoisotopic (exact) mass is 472 g/mol. The summed E-state index contributed by atoms with van der Waals surface area (Å²) in [6.45, 7) is 9.45. The van der Waals surface area contributed by atoms with Crippen molar-refractivity contribution in [2.45, 2.75) is 66.2 Å². The van der Waals surface area contributed by atoms with Crippen molar-refractivity contribution in [1.82, 2.24) is 0 Å². The molecule has 1 heterocycles. The zero-order valence-electron chi connectivity index (χ0n) is 19.9. The van der Waals surface area contributed by atoms with Gasteiger partial charge >= 0.3 is 5.97 Å². The van der Waals surface area contributed by atoms with E-state index in [2.05, 4.69) is 0 Å². The molecule has 1 aromatic rings. The van der Waals surface area contributed by atoms with Crippen LogP contribution < -0.4 is 9.47 Å². The SMILES string of the molecule is COc1cc(C2C3=C(CC(C)(C)CC3=O)OC3=C2C(=O)CC(C)(C)C3)cc(Cl)c1OC(C)=O. The van der Waals surface area contributed by atoms with Crippen LogP contribution in [-0.4, -0.2) is 24.6 Å². The highest BCUT2D eigenvalue weighted by atomic mass is 35.5. The molecule has 0 bridgehead atoms. The molecule has 6 nitrogen and oxygen atoms in total. The number of hydrogen-bond acceptors (Lipinski definition) is 6. The summed E-state index contributed by atoms with van der Waals surface area (Å²) in [6, 6.07) is 3.34. The summed E-state index contributed by atoms with van der Waals surface area (Å²) in [6.07, 6.45) is 1.94. The fourth-order valence-electron chi connectivity index (χ4n) is 5.16. The van der Waals surface area contributed by atoms with E-state index in [9.17, 15) is 14.4 Å². The van der Waals surface area contributed by atoms with Crippen molar-refractivity contribution in [2.24, 2.45) is 10.8 Å². The van der Waals surface area contributed by atoms with E-state index in [-0.39, 0.29) is 38.9 Å². The molecule has 0 saturated heterocycles. The van der Waals surface area contributed by atoms with Gasteiger partial charge in [-0.25, -0.2) is 0 Å². The lowest BCUT2D eigenvalue weighted by Gasteiger charge is -2.42. The number of ketones is 2. The first kappa shape index (κ1) is 23.6. The van der Waals surface area contributed by atoms with E-state index in [1.165, 1.54) is 14.0 Å². The highest BCUT2D eigenvalue weighted by Gasteiger charge is 2.48. The molecule has 7 heteroatoms. The fourth-order valence-corrected chi connectivity index (χ4v) is 5.41.